The van der Waals surface area contributed by atoms with Crippen molar-refractivity contribution in [2.24, 2.45) is 0 Å². The highest BCUT2D eigenvalue weighted by Gasteiger charge is 2.28. The van der Waals surface area contributed by atoms with Crippen LogP contribution >= 0.6 is 0 Å². The fourth-order valence-corrected chi connectivity index (χ4v) is 3.63. The highest BCUT2D eigenvalue weighted by Crippen LogP contribution is 2.35. The molecule has 0 atom stereocenters. The summed E-state index contributed by atoms with van der Waals surface area (Å²) in [4.78, 5) is 12.5. The van der Waals surface area contributed by atoms with E-state index in [9.17, 15) is 13.2 Å². The summed E-state index contributed by atoms with van der Waals surface area (Å²) in [5.41, 5.74) is 1.19. The highest BCUT2D eigenvalue weighted by atomic mass is 32.2. The molecule has 0 N–H and O–H groups in total. The van der Waals surface area contributed by atoms with Crippen molar-refractivity contribution >= 4 is 22.0 Å². The molecule has 6 heteroatoms. The third-order valence-electron chi connectivity index (χ3n) is 3.98. The molecule has 1 heterocycles. The normalized spacial score (nSPS) is 14.7. The number of hydrogen-bond donors (Lipinski definition) is 0. The van der Waals surface area contributed by atoms with Crippen LogP contribution in [0.5, 0.6) is 11.5 Å². The average molecular weight is 378 g/mol. The summed E-state index contributed by atoms with van der Waals surface area (Å²) in [6.07, 6.45) is 1.64. The molecular formula is C21H14O5S. The van der Waals surface area contributed by atoms with Crippen molar-refractivity contribution in [3.05, 3.63) is 95.7 Å². The van der Waals surface area contributed by atoms with Gasteiger partial charge in [0.2, 0.25) is 5.78 Å². The Morgan fingerprint density at radius 2 is 1.52 bits per heavy atom. The van der Waals surface area contributed by atoms with Gasteiger partial charge in [0, 0.05) is 6.07 Å². The van der Waals surface area contributed by atoms with Gasteiger partial charge in [-0.3, -0.25) is 4.79 Å². The van der Waals surface area contributed by atoms with E-state index in [1.165, 1.54) is 30.3 Å². The van der Waals surface area contributed by atoms with Gasteiger partial charge in [0.1, 0.15) is 16.4 Å². The first-order chi connectivity index (χ1) is 13.0. The van der Waals surface area contributed by atoms with Gasteiger partial charge in [0.15, 0.2) is 5.76 Å². The fourth-order valence-electron chi connectivity index (χ4n) is 2.68. The number of fused-ring (bicyclic) bond motifs is 1. The Kier molecular flexibility index (Phi) is 4.25. The van der Waals surface area contributed by atoms with Crippen molar-refractivity contribution in [1.82, 2.24) is 0 Å². The van der Waals surface area contributed by atoms with Crippen molar-refractivity contribution in [3.63, 3.8) is 0 Å². The van der Waals surface area contributed by atoms with Crippen LogP contribution in [-0.4, -0.2) is 14.2 Å². The van der Waals surface area contributed by atoms with Crippen LogP contribution in [0.1, 0.15) is 15.9 Å². The summed E-state index contributed by atoms with van der Waals surface area (Å²) in [6, 6.07) is 21.5. The molecule has 1 aliphatic heterocycles. The molecule has 0 fully saturated rings. The van der Waals surface area contributed by atoms with E-state index >= 15 is 0 Å². The molecule has 0 amide bonds. The minimum atomic E-state index is -3.96. The van der Waals surface area contributed by atoms with E-state index < -0.39 is 10.1 Å². The summed E-state index contributed by atoms with van der Waals surface area (Å²) in [5.74, 6) is 0.264. The van der Waals surface area contributed by atoms with E-state index in [-0.39, 0.29) is 27.9 Å². The Morgan fingerprint density at radius 3 is 2.22 bits per heavy atom. The molecule has 0 radical (unpaired) electrons. The summed E-state index contributed by atoms with van der Waals surface area (Å²) in [6.45, 7) is 0. The monoisotopic (exact) mass is 378 g/mol. The smallest absolute Gasteiger partial charge is 0.339 e. The largest absolute Gasteiger partial charge is 0.452 e. The van der Waals surface area contributed by atoms with Gasteiger partial charge in [-0.25, -0.2) is 0 Å². The van der Waals surface area contributed by atoms with Crippen molar-refractivity contribution < 1.29 is 22.1 Å². The number of carbonyl (C=O) groups is 1. The lowest BCUT2D eigenvalue weighted by Gasteiger charge is -2.07. The maximum Gasteiger partial charge on any atom is 0.339 e. The van der Waals surface area contributed by atoms with Crippen LogP contribution in [0.15, 0.2) is 89.5 Å². The second-order valence-corrected chi connectivity index (χ2v) is 7.41. The predicted molar refractivity (Wildman–Crippen MR) is 100 cm³/mol. The fraction of sp³-hybridized carbons (Fsp3) is 0. The van der Waals surface area contributed by atoms with Crippen molar-refractivity contribution in [1.29, 1.82) is 0 Å². The zero-order valence-electron chi connectivity index (χ0n) is 14.0. The molecule has 3 aromatic rings. The number of ketones is 1. The third kappa shape index (κ3) is 3.47. The van der Waals surface area contributed by atoms with Crippen LogP contribution in [0.4, 0.5) is 0 Å². The van der Waals surface area contributed by atoms with Gasteiger partial charge in [-0.05, 0) is 35.9 Å². The molecular weight excluding hydrogens is 364 g/mol. The molecule has 4 rings (SSSR count). The lowest BCUT2D eigenvalue weighted by atomic mass is 10.1. The minimum Gasteiger partial charge on any atom is -0.452 e. The summed E-state index contributed by atoms with van der Waals surface area (Å²) in [5, 5.41) is 0. The van der Waals surface area contributed by atoms with Gasteiger partial charge in [0.25, 0.3) is 0 Å². The average Bonchev–Trinajstić information content (AvgIpc) is 2.98. The molecule has 134 valence electrons. The molecule has 3 aromatic carbocycles. The molecule has 0 aliphatic carbocycles. The molecule has 0 saturated heterocycles. The number of ether oxygens (including phenoxy) is 1. The van der Waals surface area contributed by atoms with E-state index in [4.69, 9.17) is 8.92 Å². The molecule has 0 aromatic heterocycles. The van der Waals surface area contributed by atoms with Crippen LogP contribution in [0.25, 0.3) is 6.08 Å². The molecule has 27 heavy (non-hydrogen) atoms. The van der Waals surface area contributed by atoms with E-state index in [1.807, 2.05) is 30.3 Å². The molecule has 0 bridgehead atoms. The molecule has 0 saturated carbocycles. The Balaban J connectivity index is 1.61. The Hall–Kier alpha value is -3.38. The van der Waals surface area contributed by atoms with Crippen LogP contribution in [0, 0.1) is 0 Å². The van der Waals surface area contributed by atoms with Gasteiger partial charge in [0.05, 0.1) is 5.56 Å². The van der Waals surface area contributed by atoms with Crippen LogP contribution in [0.2, 0.25) is 0 Å². The van der Waals surface area contributed by atoms with Gasteiger partial charge in [-0.1, -0.05) is 48.5 Å². The number of rotatable bonds is 4. The van der Waals surface area contributed by atoms with E-state index in [0.717, 1.165) is 5.56 Å². The van der Waals surface area contributed by atoms with Gasteiger partial charge >= 0.3 is 10.1 Å². The maximum absolute atomic E-state index is 12.5. The number of Topliss-reactive ketones (excluding diaryl/α,β-unsaturated/α-hetero) is 1. The van der Waals surface area contributed by atoms with Crippen molar-refractivity contribution in [3.8, 4) is 11.5 Å². The molecule has 0 unspecified atom stereocenters. The van der Waals surface area contributed by atoms with Crippen molar-refractivity contribution in [2.45, 2.75) is 4.90 Å². The zero-order chi connectivity index (χ0) is 18.9. The quantitative estimate of drug-likeness (QED) is 0.506. The SMILES string of the molecule is O=C1/C(=C/c2ccccc2)Oc2cc(OS(=O)(=O)c3ccccc3)ccc21. The number of allylic oxidation sites excluding steroid dienone is 1. The van der Waals surface area contributed by atoms with Gasteiger partial charge < -0.3 is 8.92 Å². The Morgan fingerprint density at radius 1 is 0.852 bits per heavy atom. The second kappa shape index (κ2) is 6.74. The third-order valence-corrected chi connectivity index (χ3v) is 5.24. The maximum atomic E-state index is 12.5. The number of benzene rings is 3. The highest BCUT2D eigenvalue weighted by molar-refractivity contribution is 7.87. The first-order valence-electron chi connectivity index (χ1n) is 8.16. The van der Waals surface area contributed by atoms with Crippen LogP contribution in [0.3, 0.4) is 0 Å². The van der Waals surface area contributed by atoms with Gasteiger partial charge in [-0.2, -0.15) is 8.42 Å². The van der Waals surface area contributed by atoms with E-state index in [2.05, 4.69) is 0 Å². The first-order valence-corrected chi connectivity index (χ1v) is 9.57. The standard InChI is InChI=1S/C21H14O5S/c22-21-18-12-11-16(26-27(23,24)17-9-5-2-6-10-17)14-19(18)25-20(21)13-15-7-3-1-4-8-15/h1-14H/b20-13-. The number of hydrogen-bond acceptors (Lipinski definition) is 5. The lowest BCUT2D eigenvalue weighted by molar-refractivity contribution is 0.101. The Labute approximate surface area is 156 Å². The summed E-state index contributed by atoms with van der Waals surface area (Å²) in [7, 11) is -3.96. The molecule has 0 spiro atoms. The zero-order valence-corrected chi connectivity index (χ0v) is 14.8. The minimum absolute atomic E-state index is 0.0483. The van der Waals surface area contributed by atoms with E-state index in [0.29, 0.717) is 5.56 Å². The molecule has 1 aliphatic rings. The molecule has 5 nitrogen and oxygen atoms in total. The van der Waals surface area contributed by atoms with Crippen LogP contribution in [-0.2, 0) is 10.1 Å². The van der Waals surface area contributed by atoms with E-state index in [1.54, 1.807) is 24.3 Å². The lowest BCUT2D eigenvalue weighted by Crippen LogP contribution is -2.09. The Bertz CT molecular complexity index is 1130. The van der Waals surface area contributed by atoms with Crippen molar-refractivity contribution in [2.75, 3.05) is 0 Å². The van der Waals surface area contributed by atoms with Crippen LogP contribution < -0.4 is 8.92 Å². The first kappa shape index (κ1) is 17.1. The number of carbonyl (C=O) groups excluding carboxylic acids is 1. The second-order valence-electron chi connectivity index (χ2n) is 5.86. The topological polar surface area (TPSA) is 69.7 Å². The predicted octanol–water partition coefficient (Wildman–Crippen LogP) is 4.07. The summed E-state index contributed by atoms with van der Waals surface area (Å²) < 4.78 is 35.4. The summed E-state index contributed by atoms with van der Waals surface area (Å²) >= 11 is 0. The van der Waals surface area contributed by atoms with Gasteiger partial charge in [-0.15, -0.1) is 0 Å².